The molecule has 0 radical (unpaired) electrons. The van der Waals surface area contributed by atoms with Gasteiger partial charge >= 0.3 is 0 Å². The molecule has 0 aliphatic carbocycles. The molecule has 192 valence electrons. The van der Waals surface area contributed by atoms with Crippen LogP contribution in [-0.2, 0) is 9.47 Å². The number of nitrogens with zero attached hydrogens (tertiary/aromatic N) is 2. The van der Waals surface area contributed by atoms with Gasteiger partial charge in [-0.15, -0.1) is 0 Å². The highest BCUT2D eigenvalue weighted by atomic mass is 16.5. The van der Waals surface area contributed by atoms with E-state index in [4.69, 9.17) is 9.47 Å². The van der Waals surface area contributed by atoms with Crippen LogP contribution in [0.1, 0.15) is 11.1 Å². The molecule has 0 fully saturated rings. The molecular weight excluding hydrogens is 492 g/mol. The second kappa shape index (κ2) is 9.35. The third-order valence-electron chi connectivity index (χ3n) is 7.94. The highest BCUT2D eigenvalue weighted by Crippen LogP contribution is 2.39. The van der Waals surface area contributed by atoms with Crippen molar-refractivity contribution in [1.82, 2.24) is 0 Å². The third kappa shape index (κ3) is 3.84. The molecule has 0 amide bonds. The number of fused-ring (bicyclic) bond motifs is 6. The van der Waals surface area contributed by atoms with Crippen LogP contribution >= 0.6 is 0 Å². The van der Waals surface area contributed by atoms with E-state index in [9.17, 15) is 0 Å². The van der Waals surface area contributed by atoms with Gasteiger partial charge in [0.25, 0.3) is 0 Å². The van der Waals surface area contributed by atoms with Gasteiger partial charge in [0, 0.05) is 11.1 Å². The number of hydrogen-bond donors (Lipinski definition) is 0. The maximum atomic E-state index is 5.63. The lowest BCUT2D eigenvalue weighted by Crippen LogP contribution is -2.00. The van der Waals surface area contributed by atoms with E-state index in [1.165, 1.54) is 54.6 Å². The molecule has 4 nitrogen and oxygen atoms in total. The van der Waals surface area contributed by atoms with Crippen molar-refractivity contribution >= 4 is 44.1 Å². The lowest BCUT2D eigenvalue weighted by atomic mass is 9.90. The summed E-state index contributed by atoms with van der Waals surface area (Å²) in [5.74, 6) is 1.49. The third-order valence-corrected chi connectivity index (χ3v) is 7.94. The van der Waals surface area contributed by atoms with Crippen LogP contribution in [0, 0.1) is 0 Å². The van der Waals surface area contributed by atoms with Crippen molar-refractivity contribution in [3.8, 4) is 22.3 Å². The van der Waals surface area contributed by atoms with Gasteiger partial charge in [0.1, 0.15) is 13.2 Å². The summed E-state index contributed by atoms with van der Waals surface area (Å²) in [5.41, 5.74) is 6.83. The molecule has 6 aromatic carbocycles. The molecule has 0 bridgehead atoms. The Morgan fingerprint density at radius 2 is 0.750 bits per heavy atom. The molecule has 0 unspecified atom stereocenters. The van der Waals surface area contributed by atoms with Gasteiger partial charge in [0.15, 0.2) is 0 Å². The molecule has 40 heavy (non-hydrogen) atoms. The Morgan fingerprint density at radius 1 is 0.375 bits per heavy atom. The zero-order chi connectivity index (χ0) is 26.5. The summed E-state index contributed by atoms with van der Waals surface area (Å²) in [6.45, 7) is 2.81. The van der Waals surface area contributed by atoms with Gasteiger partial charge < -0.3 is 9.47 Å². The first-order chi connectivity index (χ1) is 19.8. The number of rotatable bonds is 4. The average molecular weight is 519 g/mol. The first-order valence-electron chi connectivity index (χ1n) is 13.8. The van der Waals surface area contributed by atoms with Crippen LogP contribution in [-0.4, -0.2) is 38.1 Å². The van der Waals surface area contributed by atoms with Crippen molar-refractivity contribution in [3.63, 3.8) is 0 Å². The van der Waals surface area contributed by atoms with E-state index in [-0.39, 0.29) is 0 Å². The predicted octanol–water partition coefficient (Wildman–Crippen LogP) is 8.03. The Labute approximate surface area is 232 Å². The quantitative estimate of drug-likeness (QED) is 0.222. The Bertz CT molecular complexity index is 1820. The maximum absolute atomic E-state index is 5.63. The summed E-state index contributed by atoms with van der Waals surface area (Å²) in [7, 11) is 0. The largest absolute Gasteiger partial charge is 0.476 e. The van der Waals surface area contributed by atoms with Crippen molar-refractivity contribution in [3.05, 3.63) is 120 Å². The summed E-state index contributed by atoms with van der Waals surface area (Å²) in [4.78, 5) is 8.89. The molecule has 0 spiro atoms. The van der Waals surface area contributed by atoms with Gasteiger partial charge in [-0.3, -0.25) is 0 Å². The monoisotopic (exact) mass is 518 g/mol. The normalized spacial score (nSPS) is 14.8. The van der Waals surface area contributed by atoms with Gasteiger partial charge in [-0.1, -0.05) is 72.8 Å². The Kier molecular flexibility index (Phi) is 5.37. The minimum absolute atomic E-state index is 0.669. The summed E-state index contributed by atoms with van der Waals surface area (Å²) < 4.78 is 11.3. The Morgan fingerprint density at radius 3 is 1.15 bits per heavy atom. The molecule has 8 rings (SSSR count). The number of benzene rings is 6. The first-order valence-corrected chi connectivity index (χ1v) is 13.8. The maximum Gasteiger partial charge on any atom is 0.216 e. The average Bonchev–Trinajstić information content (AvgIpc) is 3.77. The zero-order valence-electron chi connectivity index (χ0n) is 21.9. The molecule has 0 aromatic heterocycles. The highest BCUT2D eigenvalue weighted by molar-refractivity contribution is 6.26. The molecule has 0 saturated heterocycles. The zero-order valence-corrected chi connectivity index (χ0v) is 21.9. The lowest BCUT2D eigenvalue weighted by molar-refractivity contribution is 0.348. The molecule has 2 aliphatic rings. The molecule has 0 N–H and O–H groups in total. The van der Waals surface area contributed by atoms with Gasteiger partial charge in [-0.2, -0.15) is 0 Å². The van der Waals surface area contributed by atoms with E-state index >= 15 is 0 Å². The first kappa shape index (κ1) is 23.0. The number of hydrogen-bond acceptors (Lipinski definition) is 4. The van der Waals surface area contributed by atoms with Crippen molar-refractivity contribution in [2.45, 2.75) is 0 Å². The van der Waals surface area contributed by atoms with Gasteiger partial charge in [-0.05, 0) is 91.0 Å². The van der Waals surface area contributed by atoms with Crippen LogP contribution < -0.4 is 0 Å². The SMILES string of the molecule is c1ccc2c(c1)c1cc(-c3ccc(C4=NCCO4)cc3)ccc1c1ccc(-c3ccc(C4=NCCO4)cc3)cc21. The minimum atomic E-state index is 0.669. The molecular formula is C36H26N2O2. The van der Waals surface area contributed by atoms with Crippen molar-refractivity contribution in [2.24, 2.45) is 9.98 Å². The van der Waals surface area contributed by atoms with Gasteiger partial charge in [-0.25, -0.2) is 9.98 Å². The Hall–Kier alpha value is -4.96. The fourth-order valence-corrected chi connectivity index (χ4v) is 5.95. The second-order valence-corrected chi connectivity index (χ2v) is 10.3. The molecule has 0 saturated carbocycles. The van der Waals surface area contributed by atoms with E-state index < -0.39 is 0 Å². The van der Waals surface area contributed by atoms with Crippen molar-refractivity contribution in [1.29, 1.82) is 0 Å². The van der Waals surface area contributed by atoms with E-state index in [0.717, 1.165) is 36.0 Å². The van der Waals surface area contributed by atoms with E-state index in [1.807, 2.05) is 0 Å². The van der Waals surface area contributed by atoms with Crippen LogP contribution in [0.15, 0.2) is 119 Å². The topological polar surface area (TPSA) is 43.2 Å². The summed E-state index contributed by atoms with van der Waals surface area (Å²) >= 11 is 0. The smallest absolute Gasteiger partial charge is 0.216 e. The lowest BCUT2D eigenvalue weighted by Gasteiger charge is -2.14. The van der Waals surface area contributed by atoms with Crippen molar-refractivity contribution in [2.75, 3.05) is 26.3 Å². The van der Waals surface area contributed by atoms with Gasteiger partial charge in [0.05, 0.1) is 13.1 Å². The fraction of sp³-hybridized carbons (Fsp3) is 0.111. The molecule has 6 aromatic rings. The minimum Gasteiger partial charge on any atom is -0.476 e. The number of ether oxygens (including phenoxy) is 2. The van der Waals surface area contributed by atoms with E-state index in [1.54, 1.807) is 0 Å². The van der Waals surface area contributed by atoms with Crippen molar-refractivity contribution < 1.29 is 9.47 Å². The highest BCUT2D eigenvalue weighted by Gasteiger charge is 2.14. The van der Waals surface area contributed by atoms with Gasteiger partial charge in [0.2, 0.25) is 11.8 Å². The number of aliphatic imine (C=N–C) groups is 2. The molecule has 0 atom stereocenters. The van der Waals surface area contributed by atoms with E-state index in [2.05, 4.69) is 119 Å². The molecule has 2 heterocycles. The van der Waals surface area contributed by atoms with Crippen LogP contribution in [0.2, 0.25) is 0 Å². The van der Waals surface area contributed by atoms with Crippen LogP contribution in [0.5, 0.6) is 0 Å². The summed E-state index contributed by atoms with van der Waals surface area (Å²) in [6.07, 6.45) is 0. The van der Waals surface area contributed by atoms with Crippen LogP contribution in [0.4, 0.5) is 0 Å². The van der Waals surface area contributed by atoms with Crippen LogP contribution in [0.3, 0.4) is 0 Å². The summed E-state index contributed by atoms with van der Waals surface area (Å²) in [5, 5.41) is 7.59. The standard InChI is InChI=1S/C36H26N2O2/c1-2-4-30-29(3-1)33-21-27(23-5-9-25(10-6-23)35-37-17-19-39-35)13-15-31(33)32-16-14-28(22-34(30)32)24-7-11-26(12-8-24)36-38-18-20-40-36/h1-16,21-22H,17-20H2. The van der Waals surface area contributed by atoms with Crippen LogP contribution in [0.25, 0.3) is 54.6 Å². The fourth-order valence-electron chi connectivity index (χ4n) is 5.95. The molecule has 4 heteroatoms. The molecule has 2 aliphatic heterocycles. The predicted molar refractivity (Wildman–Crippen MR) is 165 cm³/mol. The summed E-state index contributed by atoms with van der Waals surface area (Å²) in [6, 6.07) is 39.5. The van der Waals surface area contributed by atoms with E-state index in [0.29, 0.717) is 13.2 Å². The Balaban J connectivity index is 1.23. The second-order valence-electron chi connectivity index (χ2n) is 10.3.